The molecule has 1 amide bonds. The van der Waals surface area contributed by atoms with Gasteiger partial charge in [0.25, 0.3) is 5.91 Å². The predicted molar refractivity (Wildman–Crippen MR) is 87.4 cm³/mol. The zero-order chi connectivity index (χ0) is 18.0. The number of hydrogen-bond acceptors (Lipinski definition) is 3. The van der Waals surface area contributed by atoms with Crippen LogP contribution in [0.3, 0.4) is 0 Å². The summed E-state index contributed by atoms with van der Waals surface area (Å²) in [6.45, 7) is 0.618. The maximum atomic E-state index is 13.7. The summed E-state index contributed by atoms with van der Waals surface area (Å²) in [6, 6.07) is 8.84. The lowest BCUT2D eigenvalue weighted by Gasteiger charge is -2.31. The molecule has 1 aliphatic rings. The lowest BCUT2D eigenvalue weighted by Crippen LogP contribution is -2.40. The van der Waals surface area contributed by atoms with Crippen LogP contribution >= 0.6 is 0 Å². The number of phenols is 1. The van der Waals surface area contributed by atoms with E-state index in [0.717, 1.165) is 18.2 Å². The maximum Gasteiger partial charge on any atom is 0.256 e. The Bertz CT molecular complexity index is 797. The molecule has 0 atom stereocenters. The third-order valence-corrected chi connectivity index (χ3v) is 4.46. The molecule has 2 aromatic rings. The molecule has 0 unspecified atom stereocenters. The molecule has 6 heteroatoms. The van der Waals surface area contributed by atoms with E-state index in [-0.39, 0.29) is 23.0 Å². The molecule has 1 aliphatic heterocycles. The SMILES string of the molecule is O=C(c1ccc(O)cc1)C1CCN(C(=O)c2cc(F)ccc2F)CC1. The van der Waals surface area contributed by atoms with Crippen LogP contribution in [0.15, 0.2) is 42.5 Å². The molecule has 3 rings (SSSR count). The average molecular weight is 345 g/mol. The number of halogens is 2. The van der Waals surface area contributed by atoms with E-state index in [4.69, 9.17) is 0 Å². The number of benzene rings is 2. The van der Waals surface area contributed by atoms with Crippen LogP contribution in [0.4, 0.5) is 8.78 Å². The van der Waals surface area contributed by atoms with E-state index in [2.05, 4.69) is 0 Å². The molecule has 0 saturated carbocycles. The van der Waals surface area contributed by atoms with Gasteiger partial charge in [-0.05, 0) is 55.3 Å². The molecule has 0 spiro atoms. The summed E-state index contributed by atoms with van der Waals surface area (Å²) in [5.74, 6) is -2.16. The van der Waals surface area contributed by atoms with Crippen LogP contribution in [0.25, 0.3) is 0 Å². The van der Waals surface area contributed by atoms with Gasteiger partial charge in [-0.2, -0.15) is 0 Å². The van der Waals surface area contributed by atoms with Gasteiger partial charge in [-0.3, -0.25) is 9.59 Å². The van der Waals surface area contributed by atoms with E-state index in [1.54, 1.807) is 12.1 Å². The first-order valence-corrected chi connectivity index (χ1v) is 8.03. The smallest absolute Gasteiger partial charge is 0.256 e. The summed E-state index contributed by atoms with van der Waals surface area (Å²) in [6.07, 6.45) is 0.921. The molecule has 0 radical (unpaired) electrons. The lowest BCUT2D eigenvalue weighted by molar-refractivity contribution is 0.0646. The van der Waals surface area contributed by atoms with Crippen molar-refractivity contribution in [1.82, 2.24) is 4.90 Å². The minimum Gasteiger partial charge on any atom is -0.508 e. The molecule has 1 heterocycles. The molecular weight excluding hydrogens is 328 g/mol. The standard InChI is InChI=1S/C19H17F2NO3/c20-14-3-6-17(21)16(11-14)19(25)22-9-7-13(8-10-22)18(24)12-1-4-15(23)5-2-12/h1-6,11,13,23H,7-10H2. The van der Waals surface area contributed by atoms with Gasteiger partial charge in [0.15, 0.2) is 5.78 Å². The van der Waals surface area contributed by atoms with Crippen LogP contribution in [0.5, 0.6) is 5.75 Å². The Hall–Kier alpha value is -2.76. The normalized spacial score (nSPS) is 15.2. The number of phenolic OH excluding ortho intramolecular Hbond substituents is 1. The number of rotatable bonds is 3. The fraction of sp³-hybridized carbons (Fsp3) is 0.263. The highest BCUT2D eigenvalue weighted by Gasteiger charge is 2.29. The Morgan fingerprint density at radius 2 is 1.64 bits per heavy atom. The van der Waals surface area contributed by atoms with Crippen LogP contribution in [0, 0.1) is 17.6 Å². The first kappa shape index (κ1) is 17.1. The number of aromatic hydroxyl groups is 1. The second kappa shape index (κ2) is 7.01. The Balaban J connectivity index is 1.65. The van der Waals surface area contributed by atoms with E-state index in [9.17, 15) is 23.5 Å². The highest BCUT2D eigenvalue weighted by molar-refractivity contribution is 5.98. The first-order valence-electron chi connectivity index (χ1n) is 8.03. The van der Waals surface area contributed by atoms with E-state index in [1.807, 2.05) is 0 Å². The van der Waals surface area contributed by atoms with Crippen LogP contribution in [0.2, 0.25) is 0 Å². The lowest BCUT2D eigenvalue weighted by atomic mass is 9.88. The summed E-state index contributed by atoms with van der Waals surface area (Å²) in [5.41, 5.74) is 0.224. The highest BCUT2D eigenvalue weighted by Crippen LogP contribution is 2.24. The van der Waals surface area contributed by atoms with Crippen molar-refractivity contribution in [1.29, 1.82) is 0 Å². The van der Waals surface area contributed by atoms with Gasteiger partial charge in [0.1, 0.15) is 17.4 Å². The monoisotopic (exact) mass is 345 g/mol. The third kappa shape index (κ3) is 3.68. The van der Waals surface area contributed by atoms with E-state index in [1.165, 1.54) is 17.0 Å². The number of piperidine rings is 1. The van der Waals surface area contributed by atoms with E-state index < -0.39 is 17.5 Å². The van der Waals surface area contributed by atoms with Gasteiger partial charge in [-0.15, -0.1) is 0 Å². The topological polar surface area (TPSA) is 57.6 Å². The number of ketones is 1. The van der Waals surface area contributed by atoms with Crippen molar-refractivity contribution in [3.8, 4) is 5.75 Å². The molecule has 0 aromatic heterocycles. The third-order valence-electron chi connectivity index (χ3n) is 4.46. The molecule has 4 nitrogen and oxygen atoms in total. The second-order valence-corrected chi connectivity index (χ2v) is 6.10. The Labute approximate surface area is 143 Å². The minimum atomic E-state index is -0.756. The van der Waals surface area contributed by atoms with Gasteiger partial charge in [0, 0.05) is 24.6 Å². The highest BCUT2D eigenvalue weighted by atomic mass is 19.1. The van der Waals surface area contributed by atoms with Gasteiger partial charge in [0.05, 0.1) is 5.56 Å². The van der Waals surface area contributed by atoms with Crippen molar-refractivity contribution >= 4 is 11.7 Å². The molecule has 0 aliphatic carbocycles. The minimum absolute atomic E-state index is 0.0379. The van der Waals surface area contributed by atoms with Crippen molar-refractivity contribution in [2.45, 2.75) is 12.8 Å². The summed E-state index contributed by atoms with van der Waals surface area (Å²) >= 11 is 0. The summed E-state index contributed by atoms with van der Waals surface area (Å²) < 4.78 is 27.0. The molecular formula is C19H17F2NO3. The fourth-order valence-corrected chi connectivity index (χ4v) is 3.04. The maximum absolute atomic E-state index is 13.7. The van der Waals surface area contributed by atoms with Gasteiger partial charge in [-0.1, -0.05) is 0 Å². The zero-order valence-corrected chi connectivity index (χ0v) is 13.4. The van der Waals surface area contributed by atoms with E-state index >= 15 is 0 Å². The number of carbonyl (C=O) groups excluding carboxylic acids is 2. The Morgan fingerprint density at radius 3 is 2.28 bits per heavy atom. The number of carbonyl (C=O) groups is 2. The number of hydrogen-bond donors (Lipinski definition) is 1. The second-order valence-electron chi connectivity index (χ2n) is 6.10. The van der Waals surface area contributed by atoms with Gasteiger partial charge < -0.3 is 10.0 Å². The molecule has 130 valence electrons. The van der Waals surface area contributed by atoms with Crippen LogP contribution in [0.1, 0.15) is 33.6 Å². The Kier molecular flexibility index (Phi) is 4.79. The van der Waals surface area contributed by atoms with Crippen molar-refractivity contribution in [3.63, 3.8) is 0 Å². The summed E-state index contributed by atoms with van der Waals surface area (Å²) in [4.78, 5) is 26.3. The number of nitrogens with zero attached hydrogens (tertiary/aromatic N) is 1. The summed E-state index contributed by atoms with van der Waals surface area (Å²) in [7, 11) is 0. The van der Waals surface area contributed by atoms with Crippen molar-refractivity contribution < 1.29 is 23.5 Å². The van der Waals surface area contributed by atoms with Gasteiger partial charge >= 0.3 is 0 Å². The van der Waals surface area contributed by atoms with Crippen LogP contribution in [-0.4, -0.2) is 34.8 Å². The largest absolute Gasteiger partial charge is 0.508 e. The number of amides is 1. The molecule has 1 fully saturated rings. The van der Waals surface area contributed by atoms with Crippen LogP contribution < -0.4 is 0 Å². The number of likely N-dealkylation sites (tertiary alicyclic amines) is 1. The summed E-state index contributed by atoms with van der Waals surface area (Å²) in [5, 5.41) is 9.28. The number of Topliss-reactive ketones (excluding diaryl/α,β-unsaturated/α-hetero) is 1. The predicted octanol–water partition coefficient (Wildman–Crippen LogP) is 3.41. The molecule has 1 saturated heterocycles. The molecule has 0 bridgehead atoms. The fourth-order valence-electron chi connectivity index (χ4n) is 3.04. The van der Waals surface area contributed by atoms with Crippen molar-refractivity contribution in [3.05, 3.63) is 65.2 Å². The van der Waals surface area contributed by atoms with Crippen molar-refractivity contribution in [2.24, 2.45) is 5.92 Å². The Morgan fingerprint density at radius 1 is 1.00 bits per heavy atom. The molecule has 25 heavy (non-hydrogen) atoms. The van der Waals surface area contributed by atoms with Crippen molar-refractivity contribution in [2.75, 3.05) is 13.1 Å². The van der Waals surface area contributed by atoms with Crippen LogP contribution in [-0.2, 0) is 0 Å². The average Bonchev–Trinajstić information content (AvgIpc) is 2.63. The van der Waals surface area contributed by atoms with E-state index in [0.29, 0.717) is 31.5 Å². The molecule has 2 aromatic carbocycles. The zero-order valence-electron chi connectivity index (χ0n) is 13.4. The first-order chi connectivity index (χ1) is 12.0. The quantitative estimate of drug-likeness (QED) is 0.868. The molecule has 1 N–H and O–H groups in total. The van der Waals surface area contributed by atoms with Gasteiger partial charge in [0.2, 0.25) is 0 Å². The van der Waals surface area contributed by atoms with Gasteiger partial charge in [-0.25, -0.2) is 8.78 Å².